The van der Waals surface area contributed by atoms with Crippen LogP contribution in [0.1, 0.15) is 11.1 Å². The second-order valence-electron chi connectivity index (χ2n) is 7.90. The van der Waals surface area contributed by atoms with Gasteiger partial charge < -0.3 is 14.7 Å². The second-order valence-corrected chi connectivity index (χ2v) is 9.35. The number of hydrogen-bond donors (Lipinski definition) is 1. The van der Waals surface area contributed by atoms with Crippen LogP contribution in [0, 0.1) is 5.92 Å². The molecule has 1 aliphatic carbocycles. The van der Waals surface area contributed by atoms with Gasteiger partial charge >= 0.3 is 12.1 Å². The van der Waals surface area contributed by atoms with Crippen LogP contribution in [-0.4, -0.2) is 58.6 Å². The lowest BCUT2D eigenvalue weighted by molar-refractivity contribution is -0.153. The third kappa shape index (κ3) is 5.07. The summed E-state index contributed by atoms with van der Waals surface area (Å²) >= 11 is 0. The fraction of sp³-hybridized carbons (Fsp3) is 0.409. The van der Waals surface area contributed by atoms with Gasteiger partial charge in [0.2, 0.25) is 0 Å². The SMILES string of the molecule is O=C(O)C1Cc2cccc(S(=O)N3CCN(c4ccc(OCC(F)(F)F)cc4)CC3)c2C1. The van der Waals surface area contributed by atoms with Crippen molar-refractivity contribution < 1.29 is 32.0 Å². The van der Waals surface area contributed by atoms with Crippen LogP contribution in [0.3, 0.4) is 0 Å². The van der Waals surface area contributed by atoms with Crippen LogP contribution in [0.5, 0.6) is 5.75 Å². The number of anilines is 1. The average molecular weight is 468 g/mol. The molecule has 32 heavy (non-hydrogen) atoms. The van der Waals surface area contributed by atoms with Crippen molar-refractivity contribution in [2.75, 3.05) is 37.7 Å². The maximum atomic E-state index is 13.2. The van der Waals surface area contributed by atoms with Crippen molar-refractivity contribution in [3.05, 3.63) is 53.6 Å². The Morgan fingerprint density at radius 3 is 2.38 bits per heavy atom. The Bertz CT molecular complexity index is 1010. The van der Waals surface area contributed by atoms with Crippen molar-refractivity contribution in [3.8, 4) is 5.75 Å². The predicted octanol–water partition coefficient (Wildman–Crippen LogP) is 3.27. The quantitative estimate of drug-likeness (QED) is 0.705. The first-order chi connectivity index (χ1) is 15.2. The van der Waals surface area contributed by atoms with Crippen LogP contribution in [0.2, 0.25) is 0 Å². The van der Waals surface area contributed by atoms with E-state index in [2.05, 4.69) is 4.90 Å². The molecule has 172 valence electrons. The molecule has 1 saturated heterocycles. The smallest absolute Gasteiger partial charge is 0.422 e. The molecule has 0 aromatic heterocycles. The van der Waals surface area contributed by atoms with Gasteiger partial charge in [-0.25, -0.2) is 8.51 Å². The van der Waals surface area contributed by atoms with Crippen molar-refractivity contribution in [1.29, 1.82) is 0 Å². The summed E-state index contributed by atoms with van der Waals surface area (Å²) in [4.78, 5) is 14.1. The minimum Gasteiger partial charge on any atom is -0.484 e. The number of carbonyl (C=O) groups is 1. The molecule has 6 nitrogen and oxygen atoms in total. The number of hydrogen-bond acceptors (Lipinski definition) is 4. The van der Waals surface area contributed by atoms with E-state index < -0.39 is 35.7 Å². The van der Waals surface area contributed by atoms with Crippen molar-refractivity contribution in [2.45, 2.75) is 23.9 Å². The van der Waals surface area contributed by atoms with Crippen LogP contribution in [-0.2, 0) is 28.6 Å². The number of aliphatic carboxylic acids is 1. The lowest BCUT2D eigenvalue weighted by Gasteiger charge is -2.35. The highest BCUT2D eigenvalue weighted by Gasteiger charge is 2.32. The standard InChI is InChI=1S/C22H23F3N2O4S/c23-22(24,25)14-31-18-6-4-17(5-7-18)26-8-10-27(11-9-26)32(30)20-3-1-2-15-12-16(21(28)29)13-19(15)20/h1-7,16H,8-14H2,(H,28,29). The molecule has 2 aromatic rings. The van der Waals surface area contributed by atoms with E-state index in [1.165, 1.54) is 12.1 Å². The molecule has 0 saturated carbocycles. The third-order valence-corrected chi connectivity index (χ3v) is 7.35. The monoisotopic (exact) mass is 468 g/mol. The minimum atomic E-state index is -4.38. The molecule has 2 aromatic carbocycles. The van der Waals surface area contributed by atoms with Gasteiger partial charge in [0.25, 0.3) is 0 Å². The zero-order valence-corrected chi connectivity index (χ0v) is 18.0. The molecule has 1 heterocycles. The minimum absolute atomic E-state index is 0.156. The Morgan fingerprint density at radius 2 is 1.75 bits per heavy atom. The van der Waals surface area contributed by atoms with Gasteiger partial charge in [-0.2, -0.15) is 13.2 Å². The van der Waals surface area contributed by atoms with E-state index >= 15 is 0 Å². The number of nitrogens with zero attached hydrogens (tertiary/aromatic N) is 2. The largest absolute Gasteiger partial charge is 0.484 e. The van der Waals surface area contributed by atoms with E-state index in [0.29, 0.717) is 43.9 Å². The number of halogens is 3. The van der Waals surface area contributed by atoms with Crippen molar-refractivity contribution >= 4 is 22.6 Å². The molecule has 1 N–H and O–H groups in total. The summed E-state index contributed by atoms with van der Waals surface area (Å²) in [7, 11) is -1.38. The summed E-state index contributed by atoms with van der Waals surface area (Å²) in [5.41, 5.74) is 2.70. The van der Waals surface area contributed by atoms with Gasteiger partial charge in [-0.15, -0.1) is 0 Å². The number of benzene rings is 2. The van der Waals surface area contributed by atoms with E-state index in [9.17, 15) is 27.3 Å². The summed E-state index contributed by atoms with van der Waals surface area (Å²) in [6, 6.07) is 12.0. The van der Waals surface area contributed by atoms with Gasteiger partial charge in [-0.05, 0) is 54.3 Å². The normalized spacial score (nSPS) is 20.1. The highest BCUT2D eigenvalue weighted by molar-refractivity contribution is 7.82. The summed E-state index contributed by atoms with van der Waals surface area (Å²) in [6.07, 6.45) is -3.51. The molecule has 1 aliphatic heterocycles. The van der Waals surface area contributed by atoms with E-state index in [1.54, 1.807) is 12.1 Å². The van der Waals surface area contributed by atoms with Crippen LogP contribution in [0.25, 0.3) is 0 Å². The molecular weight excluding hydrogens is 445 g/mol. The Labute approximate surface area is 186 Å². The highest BCUT2D eigenvalue weighted by atomic mass is 32.2. The summed E-state index contributed by atoms with van der Waals surface area (Å²) in [5.74, 6) is -1.15. The first-order valence-electron chi connectivity index (χ1n) is 10.3. The van der Waals surface area contributed by atoms with Crippen LogP contribution in [0.4, 0.5) is 18.9 Å². The molecule has 0 radical (unpaired) electrons. The Balaban J connectivity index is 1.36. The van der Waals surface area contributed by atoms with E-state index in [0.717, 1.165) is 16.8 Å². The molecule has 0 amide bonds. The number of fused-ring (bicyclic) bond motifs is 1. The number of piperazine rings is 1. The molecule has 2 aliphatic rings. The number of carboxylic acid groups (broad SMARTS) is 1. The van der Waals surface area contributed by atoms with Crippen molar-refractivity contribution in [3.63, 3.8) is 0 Å². The molecule has 2 atom stereocenters. The van der Waals surface area contributed by atoms with Gasteiger partial charge in [0.1, 0.15) is 16.7 Å². The number of rotatable bonds is 6. The van der Waals surface area contributed by atoms with E-state index in [-0.39, 0.29) is 5.75 Å². The fourth-order valence-corrected chi connectivity index (χ4v) is 5.52. The van der Waals surface area contributed by atoms with Crippen molar-refractivity contribution in [1.82, 2.24) is 4.31 Å². The topological polar surface area (TPSA) is 70.1 Å². The van der Waals surface area contributed by atoms with Crippen molar-refractivity contribution in [2.24, 2.45) is 5.92 Å². The van der Waals surface area contributed by atoms with Crippen LogP contribution in [0.15, 0.2) is 47.4 Å². The number of alkyl halides is 3. The third-order valence-electron chi connectivity index (χ3n) is 5.76. The predicted molar refractivity (Wildman–Crippen MR) is 113 cm³/mol. The maximum Gasteiger partial charge on any atom is 0.422 e. The lowest BCUT2D eigenvalue weighted by atomic mass is 10.1. The lowest BCUT2D eigenvalue weighted by Crippen LogP contribution is -2.47. The molecule has 10 heteroatoms. The maximum absolute atomic E-state index is 13.2. The van der Waals surface area contributed by atoms with Crippen LogP contribution < -0.4 is 9.64 Å². The highest BCUT2D eigenvalue weighted by Crippen LogP contribution is 2.32. The van der Waals surface area contributed by atoms with Gasteiger partial charge in [0.05, 0.1) is 10.8 Å². The van der Waals surface area contributed by atoms with Gasteiger partial charge in [-0.3, -0.25) is 4.79 Å². The summed E-state index contributed by atoms with van der Waals surface area (Å²) < 4.78 is 56.7. The number of carboxylic acids is 1. The Hall–Kier alpha value is -2.59. The van der Waals surface area contributed by atoms with Gasteiger partial charge in [0, 0.05) is 31.9 Å². The first-order valence-corrected chi connectivity index (χ1v) is 11.4. The average Bonchev–Trinajstić information content (AvgIpc) is 3.22. The van der Waals surface area contributed by atoms with Gasteiger partial charge in [-0.1, -0.05) is 12.1 Å². The van der Waals surface area contributed by atoms with Gasteiger partial charge in [0.15, 0.2) is 6.61 Å². The van der Waals surface area contributed by atoms with E-state index in [1.807, 2.05) is 22.5 Å². The molecular formula is C22H23F3N2O4S. The van der Waals surface area contributed by atoms with E-state index in [4.69, 9.17) is 4.74 Å². The fourth-order valence-electron chi connectivity index (χ4n) is 4.13. The molecule has 0 spiro atoms. The molecule has 1 fully saturated rings. The molecule has 2 unspecified atom stereocenters. The summed E-state index contributed by atoms with van der Waals surface area (Å²) in [6.45, 7) is 0.992. The first kappa shape index (κ1) is 22.6. The Kier molecular flexibility index (Phi) is 6.43. The zero-order valence-electron chi connectivity index (χ0n) is 17.2. The summed E-state index contributed by atoms with van der Waals surface area (Å²) in [5, 5.41) is 9.33. The van der Waals surface area contributed by atoms with Crippen LogP contribution >= 0.6 is 0 Å². The molecule has 0 bridgehead atoms. The second kappa shape index (κ2) is 9.11. The Morgan fingerprint density at radius 1 is 1.06 bits per heavy atom. The molecule has 4 rings (SSSR count). The number of ether oxygens (including phenoxy) is 1. The zero-order chi connectivity index (χ0) is 22.9.